The largest absolute Gasteiger partial charge is 0.351 e. The van der Waals surface area contributed by atoms with Gasteiger partial charge in [0.1, 0.15) is 5.69 Å². The Balaban J connectivity index is 2.66. The molecule has 1 heterocycles. The second kappa shape index (κ2) is 6.56. The van der Waals surface area contributed by atoms with Crippen molar-refractivity contribution in [2.45, 2.75) is 26.7 Å². The lowest BCUT2D eigenvalue weighted by Gasteiger charge is -2.29. The molecule has 19 heavy (non-hydrogen) atoms. The Morgan fingerprint density at radius 2 is 2.16 bits per heavy atom. The van der Waals surface area contributed by atoms with Crippen LogP contribution in [0.25, 0.3) is 0 Å². The molecular formula is C12H18ClN3O3. The van der Waals surface area contributed by atoms with E-state index >= 15 is 0 Å². The van der Waals surface area contributed by atoms with Crippen molar-refractivity contribution >= 4 is 23.2 Å². The van der Waals surface area contributed by atoms with Crippen LogP contribution in [0.4, 0.5) is 5.69 Å². The van der Waals surface area contributed by atoms with E-state index in [0.717, 1.165) is 12.8 Å². The lowest BCUT2D eigenvalue weighted by Crippen LogP contribution is -2.38. The highest BCUT2D eigenvalue weighted by molar-refractivity contribution is 6.18. The lowest BCUT2D eigenvalue weighted by atomic mass is 9.84. The predicted octanol–water partition coefficient (Wildman–Crippen LogP) is 2.70. The number of aromatic nitrogens is 1. The lowest BCUT2D eigenvalue weighted by molar-refractivity contribution is -0.384. The summed E-state index contributed by atoms with van der Waals surface area (Å²) in [5.74, 6) is 0.106. The molecule has 1 aromatic rings. The van der Waals surface area contributed by atoms with Gasteiger partial charge in [0.15, 0.2) is 0 Å². The van der Waals surface area contributed by atoms with Gasteiger partial charge in [-0.05, 0) is 12.8 Å². The molecule has 1 amide bonds. The summed E-state index contributed by atoms with van der Waals surface area (Å²) >= 11 is 5.95. The molecule has 0 spiro atoms. The smallest absolute Gasteiger partial charge is 0.287 e. The number of hydrogen-bond donors (Lipinski definition) is 2. The molecule has 0 radical (unpaired) electrons. The third-order valence-corrected chi connectivity index (χ3v) is 4.10. The number of nitrogens with one attached hydrogen (secondary N) is 2. The van der Waals surface area contributed by atoms with Gasteiger partial charge in [-0.1, -0.05) is 13.8 Å². The molecule has 0 atom stereocenters. The van der Waals surface area contributed by atoms with Crippen molar-refractivity contribution in [3.05, 3.63) is 28.1 Å². The first kappa shape index (κ1) is 15.5. The fourth-order valence-corrected chi connectivity index (χ4v) is 2.19. The summed E-state index contributed by atoms with van der Waals surface area (Å²) < 4.78 is 0. The highest BCUT2D eigenvalue weighted by Crippen LogP contribution is 2.27. The summed E-state index contributed by atoms with van der Waals surface area (Å²) in [6.45, 7) is 4.50. The number of aromatic amines is 1. The first-order chi connectivity index (χ1) is 8.98. The first-order valence-corrected chi connectivity index (χ1v) is 6.68. The van der Waals surface area contributed by atoms with Gasteiger partial charge in [0, 0.05) is 23.9 Å². The number of nitrogens with zero attached hydrogens (tertiary/aromatic N) is 1. The maximum atomic E-state index is 11.9. The number of nitro groups is 1. The van der Waals surface area contributed by atoms with E-state index < -0.39 is 4.92 Å². The zero-order chi connectivity index (χ0) is 14.5. The van der Waals surface area contributed by atoms with Gasteiger partial charge in [0.05, 0.1) is 11.1 Å². The first-order valence-electron chi connectivity index (χ1n) is 6.15. The van der Waals surface area contributed by atoms with E-state index in [1.165, 1.54) is 12.3 Å². The number of carbonyl (C=O) groups excluding carboxylic acids is 1. The summed E-state index contributed by atoms with van der Waals surface area (Å²) in [6, 6.07) is 1.22. The highest BCUT2D eigenvalue weighted by atomic mass is 35.5. The van der Waals surface area contributed by atoms with Crippen molar-refractivity contribution < 1.29 is 9.72 Å². The summed E-state index contributed by atoms with van der Waals surface area (Å²) in [5.41, 5.74) is -0.0717. The van der Waals surface area contributed by atoms with E-state index in [2.05, 4.69) is 10.3 Å². The van der Waals surface area contributed by atoms with Crippen molar-refractivity contribution in [2.24, 2.45) is 5.41 Å². The Morgan fingerprint density at radius 1 is 1.53 bits per heavy atom. The van der Waals surface area contributed by atoms with Gasteiger partial charge in [0.2, 0.25) is 0 Å². The Morgan fingerprint density at radius 3 is 2.58 bits per heavy atom. The Bertz CT molecular complexity index is 447. The summed E-state index contributed by atoms with van der Waals surface area (Å²) in [7, 11) is 0. The molecule has 0 saturated heterocycles. The van der Waals surface area contributed by atoms with Gasteiger partial charge in [-0.2, -0.15) is 0 Å². The monoisotopic (exact) mass is 287 g/mol. The highest BCUT2D eigenvalue weighted by Gasteiger charge is 2.26. The van der Waals surface area contributed by atoms with E-state index in [1.54, 1.807) is 0 Å². The molecule has 0 bridgehead atoms. The van der Waals surface area contributed by atoms with Crippen LogP contribution in [0.5, 0.6) is 0 Å². The van der Waals surface area contributed by atoms with E-state index in [4.69, 9.17) is 11.6 Å². The van der Waals surface area contributed by atoms with Gasteiger partial charge in [0.25, 0.3) is 11.6 Å². The minimum absolute atomic E-state index is 0.125. The van der Waals surface area contributed by atoms with Crippen molar-refractivity contribution in [2.75, 3.05) is 12.4 Å². The maximum Gasteiger partial charge on any atom is 0.287 e. The molecule has 0 saturated carbocycles. The summed E-state index contributed by atoms with van der Waals surface area (Å²) in [4.78, 5) is 24.4. The normalized spacial score (nSPS) is 11.3. The fraction of sp³-hybridized carbons (Fsp3) is 0.583. The van der Waals surface area contributed by atoms with Crippen LogP contribution in [0.3, 0.4) is 0 Å². The van der Waals surface area contributed by atoms with Crippen LogP contribution in [0.1, 0.15) is 37.2 Å². The number of rotatable bonds is 7. The van der Waals surface area contributed by atoms with Crippen LogP contribution in [-0.2, 0) is 0 Å². The van der Waals surface area contributed by atoms with Crippen LogP contribution >= 0.6 is 11.6 Å². The van der Waals surface area contributed by atoms with E-state index in [0.29, 0.717) is 12.4 Å². The maximum absolute atomic E-state index is 11.9. The van der Waals surface area contributed by atoms with Gasteiger partial charge >= 0.3 is 0 Å². The second-order valence-electron chi connectivity index (χ2n) is 4.55. The number of hydrogen-bond acceptors (Lipinski definition) is 3. The molecule has 0 fully saturated rings. The molecule has 0 aliphatic rings. The Labute approximate surface area is 116 Å². The molecule has 2 N–H and O–H groups in total. The SMILES string of the molecule is CCC(CC)(CCl)CNC(=O)c1cc([N+](=O)[O-])c[nH]1. The number of halogens is 1. The van der Waals surface area contributed by atoms with Gasteiger partial charge in [-0.3, -0.25) is 14.9 Å². The summed E-state index contributed by atoms with van der Waals surface area (Å²) in [5, 5.41) is 13.3. The predicted molar refractivity (Wildman–Crippen MR) is 73.5 cm³/mol. The van der Waals surface area contributed by atoms with Crippen molar-refractivity contribution in [1.29, 1.82) is 0 Å². The number of alkyl halides is 1. The molecule has 6 nitrogen and oxygen atoms in total. The minimum Gasteiger partial charge on any atom is -0.351 e. The molecule has 106 valence electrons. The van der Waals surface area contributed by atoms with Crippen LogP contribution in [0.2, 0.25) is 0 Å². The van der Waals surface area contributed by atoms with Crippen LogP contribution in [-0.4, -0.2) is 28.2 Å². The number of amides is 1. The molecule has 0 aliphatic carbocycles. The zero-order valence-electron chi connectivity index (χ0n) is 11.0. The zero-order valence-corrected chi connectivity index (χ0v) is 11.8. The molecule has 0 aromatic carbocycles. The minimum atomic E-state index is -0.547. The van der Waals surface area contributed by atoms with Gasteiger partial charge < -0.3 is 10.3 Å². The molecule has 0 aliphatic heterocycles. The third kappa shape index (κ3) is 3.70. The van der Waals surface area contributed by atoms with Crippen molar-refractivity contribution in [1.82, 2.24) is 10.3 Å². The average molecular weight is 288 g/mol. The quantitative estimate of drug-likeness (QED) is 0.459. The Kier molecular flexibility index (Phi) is 5.35. The standard InChI is InChI=1S/C12H18ClN3O3/c1-3-12(4-2,7-13)8-15-11(17)10-5-9(6-14-10)16(18)19/h5-6,14H,3-4,7-8H2,1-2H3,(H,15,17). The van der Waals surface area contributed by atoms with Crippen LogP contribution in [0.15, 0.2) is 12.3 Å². The van der Waals surface area contributed by atoms with E-state index in [1.807, 2.05) is 13.8 Å². The topological polar surface area (TPSA) is 88.0 Å². The summed E-state index contributed by atoms with van der Waals surface area (Å²) in [6.07, 6.45) is 2.92. The molecule has 1 rings (SSSR count). The van der Waals surface area contributed by atoms with Crippen molar-refractivity contribution in [3.63, 3.8) is 0 Å². The van der Waals surface area contributed by atoms with Gasteiger partial charge in [-0.25, -0.2) is 0 Å². The second-order valence-corrected chi connectivity index (χ2v) is 4.82. The van der Waals surface area contributed by atoms with Gasteiger partial charge in [-0.15, -0.1) is 11.6 Å². The molecule has 7 heteroatoms. The van der Waals surface area contributed by atoms with E-state index in [9.17, 15) is 14.9 Å². The molecular weight excluding hydrogens is 270 g/mol. The van der Waals surface area contributed by atoms with E-state index in [-0.39, 0.29) is 22.7 Å². The third-order valence-electron chi connectivity index (χ3n) is 3.53. The van der Waals surface area contributed by atoms with Crippen LogP contribution < -0.4 is 5.32 Å². The van der Waals surface area contributed by atoms with Crippen LogP contribution in [0, 0.1) is 15.5 Å². The fourth-order valence-electron chi connectivity index (χ4n) is 1.72. The average Bonchev–Trinajstić information content (AvgIpc) is 2.90. The molecule has 1 aromatic heterocycles. The van der Waals surface area contributed by atoms with Crippen molar-refractivity contribution in [3.8, 4) is 0 Å². The number of H-pyrrole nitrogens is 1. The number of carbonyl (C=O) groups is 1. The molecule has 0 unspecified atom stereocenters. The Hall–Kier alpha value is -1.56.